The molecule has 49 heavy (non-hydrogen) atoms. The van der Waals surface area contributed by atoms with Crippen LogP contribution in [-0.2, 0) is 9.59 Å². The fourth-order valence-electron chi connectivity index (χ4n) is 4.76. The van der Waals surface area contributed by atoms with Gasteiger partial charge in [0.1, 0.15) is 22.5 Å². The fourth-order valence-corrected chi connectivity index (χ4v) is 6.56. The van der Waals surface area contributed by atoms with E-state index < -0.39 is 17.1 Å². The number of carbonyl (C=O) groups excluding carboxylic acids is 3. The van der Waals surface area contributed by atoms with Crippen LogP contribution in [0.25, 0.3) is 17.3 Å². The maximum Gasteiger partial charge on any atom is 0.272 e. The summed E-state index contributed by atoms with van der Waals surface area (Å²) in [6, 6.07) is 36.2. The van der Waals surface area contributed by atoms with Crippen LogP contribution in [0, 0.1) is 0 Å². The number of thioether (sulfide) groups is 1. The van der Waals surface area contributed by atoms with E-state index in [0.29, 0.717) is 22.1 Å². The van der Waals surface area contributed by atoms with Gasteiger partial charge in [0.25, 0.3) is 11.8 Å². The Morgan fingerprint density at radius 3 is 2.39 bits per heavy atom. The predicted octanol–water partition coefficient (Wildman–Crippen LogP) is 8.29. The lowest BCUT2D eigenvalue weighted by Crippen LogP contribution is -2.30. The molecule has 0 saturated carbocycles. The first-order chi connectivity index (χ1) is 23.9. The van der Waals surface area contributed by atoms with E-state index in [-0.39, 0.29) is 11.6 Å². The lowest BCUT2D eigenvalue weighted by molar-refractivity contribution is -0.116. The quantitative estimate of drug-likeness (QED) is 0.0875. The molecular formula is C38H30N4O5S2. The number of benzene rings is 4. The van der Waals surface area contributed by atoms with Gasteiger partial charge >= 0.3 is 0 Å². The average Bonchev–Trinajstić information content (AvgIpc) is 3.84. The number of carbonyl (C=O) groups is 3. The Labute approximate surface area is 291 Å². The van der Waals surface area contributed by atoms with Gasteiger partial charge < -0.3 is 25.1 Å². The topological polar surface area (TPSA) is 123 Å². The van der Waals surface area contributed by atoms with Crippen molar-refractivity contribution in [3.8, 4) is 17.0 Å². The number of nitrogens with zero attached hydrogens (tertiary/aromatic N) is 1. The minimum Gasteiger partial charge on any atom is -0.497 e. The predicted molar refractivity (Wildman–Crippen MR) is 193 cm³/mol. The van der Waals surface area contributed by atoms with Crippen LogP contribution in [0.1, 0.15) is 26.9 Å². The summed E-state index contributed by atoms with van der Waals surface area (Å²) in [6.45, 7) is 0. The van der Waals surface area contributed by atoms with Crippen LogP contribution >= 0.6 is 23.1 Å². The lowest BCUT2D eigenvalue weighted by atomic mass is 10.1. The van der Waals surface area contributed by atoms with Crippen LogP contribution in [-0.4, -0.2) is 29.8 Å². The molecule has 6 aromatic rings. The minimum atomic E-state index is -0.629. The van der Waals surface area contributed by atoms with Gasteiger partial charge in [-0.05, 0) is 60.2 Å². The highest BCUT2D eigenvalue weighted by Gasteiger charge is 2.24. The van der Waals surface area contributed by atoms with Crippen molar-refractivity contribution in [3.63, 3.8) is 0 Å². The van der Waals surface area contributed by atoms with Gasteiger partial charge in [-0.1, -0.05) is 66.7 Å². The van der Waals surface area contributed by atoms with Gasteiger partial charge in [-0.3, -0.25) is 14.4 Å². The zero-order valence-corrected chi connectivity index (χ0v) is 27.8. The number of hydrogen-bond acceptors (Lipinski definition) is 8. The molecule has 3 N–H and O–H groups in total. The highest BCUT2D eigenvalue weighted by Crippen LogP contribution is 2.38. The highest BCUT2D eigenvalue weighted by molar-refractivity contribution is 8.00. The molecule has 0 aliphatic heterocycles. The monoisotopic (exact) mass is 686 g/mol. The Hall–Kier alpha value is -5.91. The van der Waals surface area contributed by atoms with Gasteiger partial charge in [-0.2, -0.15) is 0 Å². The van der Waals surface area contributed by atoms with E-state index in [1.807, 2.05) is 66.0 Å². The fraction of sp³-hybridized carbons (Fsp3) is 0.0526. The van der Waals surface area contributed by atoms with E-state index in [4.69, 9.17) is 9.15 Å². The van der Waals surface area contributed by atoms with Crippen molar-refractivity contribution >= 4 is 57.7 Å². The van der Waals surface area contributed by atoms with Crippen LogP contribution in [0.4, 0.5) is 10.8 Å². The highest BCUT2D eigenvalue weighted by atomic mass is 32.2. The molecule has 1 unspecified atom stereocenters. The number of ether oxygens (including phenoxy) is 1. The first-order valence-corrected chi connectivity index (χ1v) is 16.9. The van der Waals surface area contributed by atoms with Gasteiger partial charge in [-0.15, -0.1) is 23.1 Å². The third-order valence-corrected chi connectivity index (χ3v) is 9.15. The van der Waals surface area contributed by atoms with Crippen molar-refractivity contribution in [2.24, 2.45) is 0 Å². The van der Waals surface area contributed by atoms with Crippen molar-refractivity contribution in [2.45, 2.75) is 10.1 Å². The number of anilines is 2. The Kier molecular flexibility index (Phi) is 10.6. The van der Waals surface area contributed by atoms with Gasteiger partial charge in [-0.25, -0.2) is 4.98 Å². The summed E-state index contributed by atoms with van der Waals surface area (Å²) in [4.78, 5) is 45.6. The minimum absolute atomic E-state index is 0.000151. The Morgan fingerprint density at radius 2 is 1.63 bits per heavy atom. The largest absolute Gasteiger partial charge is 0.497 e. The molecule has 4 aromatic carbocycles. The summed E-state index contributed by atoms with van der Waals surface area (Å²) in [6.07, 6.45) is 2.94. The molecule has 0 aliphatic carbocycles. The molecule has 6 rings (SSSR count). The summed E-state index contributed by atoms with van der Waals surface area (Å²) >= 11 is 2.67. The summed E-state index contributed by atoms with van der Waals surface area (Å²) in [7, 11) is 1.61. The number of amides is 3. The first-order valence-electron chi connectivity index (χ1n) is 15.1. The summed E-state index contributed by atoms with van der Waals surface area (Å²) < 4.78 is 10.7. The van der Waals surface area contributed by atoms with E-state index in [1.165, 1.54) is 35.4 Å². The van der Waals surface area contributed by atoms with Gasteiger partial charge in [0.05, 0.1) is 19.1 Å². The number of rotatable bonds is 12. The second kappa shape index (κ2) is 15.8. The number of hydrogen-bond donors (Lipinski definition) is 3. The lowest BCUT2D eigenvalue weighted by Gasteiger charge is -2.17. The number of aromatic nitrogens is 1. The molecule has 244 valence electrons. The molecule has 3 amide bonds. The van der Waals surface area contributed by atoms with Crippen molar-refractivity contribution < 1.29 is 23.5 Å². The van der Waals surface area contributed by atoms with Gasteiger partial charge in [0, 0.05) is 33.2 Å². The Morgan fingerprint density at radius 1 is 0.857 bits per heavy atom. The van der Waals surface area contributed by atoms with Gasteiger partial charge in [0.2, 0.25) is 5.91 Å². The summed E-state index contributed by atoms with van der Waals surface area (Å²) in [5.41, 5.74) is 3.29. The van der Waals surface area contributed by atoms with Crippen LogP contribution < -0.4 is 20.7 Å². The molecule has 0 fully saturated rings. The third kappa shape index (κ3) is 8.72. The number of methoxy groups -OCH3 is 1. The average molecular weight is 687 g/mol. The van der Waals surface area contributed by atoms with Gasteiger partial charge in [0.15, 0.2) is 5.13 Å². The molecule has 0 saturated heterocycles. The second-order valence-electron chi connectivity index (χ2n) is 10.5. The van der Waals surface area contributed by atoms with E-state index >= 15 is 0 Å². The van der Waals surface area contributed by atoms with Crippen molar-refractivity contribution in [1.82, 2.24) is 10.3 Å². The van der Waals surface area contributed by atoms with E-state index in [9.17, 15) is 14.4 Å². The van der Waals surface area contributed by atoms with Crippen LogP contribution in [0.15, 0.2) is 148 Å². The van der Waals surface area contributed by atoms with Crippen LogP contribution in [0.3, 0.4) is 0 Å². The van der Waals surface area contributed by atoms with Crippen LogP contribution in [0.5, 0.6) is 5.75 Å². The normalized spacial score (nSPS) is 11.7. The SMILES string of the molecule is COc1cccc(-c2csc(NC(=O)C(Sc3cccc(NC(=O)/C(=C/c4ccco4)NC(=O)c4ccccc4)c3)c3ccccc3)n2)c1. The zero-order valence-electron chi connectivity index (χ0n) is 26.2. The Balaban J connectivity index is 1.19. The second-order valence-corrected chi connectivity index (χ2v) is 12.6. The molecule has 9 nitrogen and oxygen atoms in total. The Bertz CT molecular complexity index is 2080. The zero-order chi connectivity index (χ0) is 34.0. The molecule has 0 radical (unpaired) electrons. The first kappa shape index (κ1) is 33.0. The standard InChI is InChI=1S/C38H30N4O5S2/c1-46-29-17-8-15-27(21-29)33-24-48-38(41-33)42-37(45)34(25-11-4-2-5-12-25)49-31-19-9-16-28(22-31)39-36(44)32(23-30-18-10-20-47-30)40-35(43)26-13-6-3-7-14-26/h2-24,34H,1H3,(H,39,44)(H,40,43)(H,41,42,45)/b32-23-. The molecular weight excluding hydrogens is 657 g/mol. The molecule has 2 heterocycles. The molecule has 0 aliphatic rings. The van der Waals surface area contributed by atoms with Crippen molar-refractivity contribution in [1.29, 1.82) is 0 Å². The van der Waals surface area contributed by atoms with Crippen molar-refractivity contribution in [3.05, 3.63) is 156 Å². The van der Waals surface area contributed by atoms with E-state index in [1.54, 1.807) is 67.8 Å². The van der Waals surface area contributed by atoms with Crippen molar-refractivity contribution in [2.75, 3.05) is 17.7 Å². The molecule has 0 bridgehead atoms. The summed E-state index contributed by atoms with van der Waals surface area (Å²) in [5, 5.41) is 10.3. The number of nitrogens with one attached hydrogen (secondary N) is 3. The third-order valence-electron chi connectivity index (χ3n) is 7.14. The molecule has 1 atom stereocenters. The van der Waals surface area contributed by atoms with E-state index in [2.05, 4.69) is 20.9 Å². The smallest absolute Gasteiger partial charge is 0.272 e. The van der Waals surface area contributed by atoms with E-state index in [0.717, 1.165) is 27.5 Å². The molecule has 11 heteroatoms. The molecule has 0 spiro atoms. The van der Waals surface area contributed by atoms with Crippen LogP contribution in [0.2, 0.25) is 0 Å². The maximum absolute atomic E-state index is 13.8. The maximum atomic E-state index is 13.8. The summed E-state index contributed by atoms with van der Waals surface area (Å²) in [5.74, 6) is -0.113. The molecule has 2 aromatic heterocycles. The number of thiazole rings is 1. The number of furan rings is 1.